The van der Waals surface area contributed by atoms with Crippen LogP contribution in [0.1, 0.15) is 42.3 Å². The first-order chi connectivity index (χ1) is 15.3. The highest BCUT2D eigenvalue weighted by molar-refractivity contribution is 7.80. The van der Waals surface area contributed by atoms with Crippen molar-refractivity contribution in [2.75, 3.05) is 35.7 Å². The summed E-state index contributed by atoms with van der Waals surface area (Å²) < 4.78 is 6.40. The Morgan fingerprint density at radius 1 is 1.19 bits per heavy atom. The number of hydrogen-bond donors (Lipinski definition) is 3. The van der Waals surface area contributed by atoms with Crippen molar-refractivity contribution in [3.8, 4) is 0 Å². The van der Waals surface area contributed by atoms with E-state index in [0.717, 1.165) is 29.0 Å². The third-order valence-corrected chi connectivity index (χ3v) is 6.51. The normalized spacial score (nSPS) is 20.8. The summed E-state index contributed by atoms with van der Waals surface area (Å²) in [5.74, 6) is 0.421. The largest absolute Gasteiger partial charge is 0.351 e. The van der Waals surface area contributed by atoms with Gasteiger partial charge in [0.2, 0.25) is 5.91 Å². The third kappa shape index (κ3) is 3.80. The van der Waals surface area contributed by atoms with Crippen LogP contribution in [-0.2, 0) is 14.9 Å². The molecule has 1 saturated heterocycles. The molecule has 1 atom stereocenters. The van der Waals surface area contributed by atoms with Crippen LogP contribution >= 0.6 is 12.6 Å². The highest BCUT2D eigenvalue weighted by Gasteiger charge is 2.59. The number of hydrogen-bond acceptors (Lipinski definition) is 5. The van der Waals surface area contributed by atoms with Crippen LogP contribution in [0.5, 0.6) is 0 Å². The topological polar surface area (TPSA) is 70.7 Å². The fourth-order valence-electron chi connectivity index (χ4n) is 4.67. The highest BCUT2D eigenvalue weighted by atomic mass is 32.1. The SMILES string of the molecule is CC(=O)Nc1ccc(/C=C/C23OCCN2c2ccc(C(=O)NCCS)cc2C3(C)C)cc1. The van der Waals surface area contributed by atoms with E-state index < -0.39 is 5.72 Å². The van der Waals surface area contributed by atoms with Gasteiger partial charge in [-0.2, -0.15) is 12.6 Å². The Labute approximate surface area is 194 Å². The van der Waals surface area contributed by atoms with E-state index in [-0.39, 0.29) is 17.2 Å². The predicted molar refractivity (Wildman–Crippen MR) is 131 cm³/mol. The molecule has 7 heteroatoms. The lowest BCUT2D eigenvalue weighted by Crippen LogP contribution is -2.51. The van der Waals surface area contributed by atoms with Crippen LogP contribution in [0.2, 0.25) is 0 Å². The molecule has 32 heavy (non-hydrogen) atoms. The van der Waals surface area contributed by atoms with Gasteiger partial charge < -0.3 is 20.3 Å². The molecule has 0 aromatic heterocycles. The average Bonchev–Trinajstić information content (AvgIpc) is 3.28. The molecule has 4 rings (SSSR count). The first-order valence-electron chi connectivity index (χ1n) is 10.8. The summed E-state index contributed by atoms with van der Waals surface area (Å²) in [4.78, 5) is 26.1. The summed E-state index contributed by atoms with van der Waals surface area (Å²) in [5.41, 5.74) is 3.63. The summed E-state index contributed by atoms with van der Waals surface area (Å²) in [5, 5.41) is 5.67. The van der Waals surface area contributed by atoms with E-state index in [9.17, 15) is 9.59 Å². The van der Waals surface area contributed by atoms with Crippen molar-refractivity contribution in [2.24, 2.45) is 0 Å². The second-order valence-corrected chi connectivity index (χ2v) is 9.12. The molecule has 0 radical (unpaired) electrons. The van der Waals surface area contributed by atoms with Gasteiger partial charge in [-0.15, -0.1) is 0 Å². The molecular formula is C25H29N3O3S. The van der Waals surface area contributed by atoms with E-state index in [1.54, 1.807) is 0 Å². The van der Waals surface area contributed by atoms with Crippen LogP contribution in [0.25, 0.3) is 6.08 Å². The van der Waals surface area contributed by atoms with Crippen molar-refractivity contribution in [1.82, 2.24) is 5.32 Å². The first kappa shape index (κ1) is 22.4. The minimum atomic E-state index is -0.633. The van der Waals surface area contributed by atoms with Crippen molar-refractivity contribution in [3.05, 3.63) is 65.2 Å². The summed E-state index contributed by atoms with van der Waals surface area (Å²) in [6.07, 6.45) is 4.18. The molecule has 1 unspecified atom stereocenters. The van der Waals surface area contributed by atoms with E-state index in [1.165, 1.54) is 6.92 Å². The summed E-state index contributed by atoms with van der Waals surface area (Å²) in [6.45, 7) is 7.78. The lowest BCUT2D eigenvalue weighted by atomic mass is 9.77. The minimum Gasteiger partial charge on any atom is -0.351 e. The van der Waals surface area contributed by atoms with E-state index in [4.69, 9.17) is 4.74 Å². The Hall–Kier alpha value is -2.77. The number of thiol groups is 1. The van der Waals surface area contributed by atoms with Gasteiger partial charge in [0, 0.05) is 48.1 Å². The van der Waals surface area contributed by atoms with Gasteiger partial charge in [-0.25, -0.2) is 0 Å². The van der Waals surface area contributed by atoms with Crippen LogP contribution in [0.15, 0.2) is 48.5 Å². The van der Waals surface area contributed by atoms with Crippen LogP contribution in [0, 0.1) is 0 Å². The summed E-state index contributed by atoms with van der Waals surface area (Å²) >= 11 is 4.16. The highest BCUT2D eigenvalue weighted by Crippen LogP contribution is 2.55. The molecule has 1 fully saturated rings. The molecular weight excluding hydrogens is 422 g/mol. The van der Waals surface area contributed by atoms with Crippen molar-refractivity contribution < 1.29 is 14.3 Å². The maximum absolute atomic E-state index is 12.5. The van der Waals surface area contributed by atoms with Gasteiger partial charge >= 0.3 is 0 Å². The number of benzene rings is 2. The molecule has 2 N–H and O–H groups in total. The maximum Gasteiger partial charge on any atom is 0.251 e. The van der Waals surface area contributed by atoms with Crippen LogP contribution in [-0.4, -0.2) is 43.0 Å². The number of amides is 2. The molecule has 0 saturated carbocycles. The Kier molecular flexibility index (Phi) is 6.05. The lowest BCUT2D eigenvalue weighted by molar-refractivity contribution is -0.114. The van der Waals surface area contributed by atoms with E-state index in [0.29, 0.717) is 24.5 Å². The van der Waals surface area contributed by atoms with E-state index in [2.05, 4.69) is 54.2 Å². The quantitative estimate of drug-likeness (QED) is 0.584. The van der Waals surface area contributed by atoms with Crippen molar-refractivity contribution in [1.29, 1.82) is 0 Å². The smallest absolute Gasteiger partial charge is 0.251 e. The van der Waals surface area contributed by atoms with Gasteiger partial charge in [0.1, 0.15) is 0 Å². The molecule has 2 aliphatic heterocycles. The maximum atomic E-state index is 12.5. The molecule has 0 aliphatic carbocycles. The third-order valence-electron chi connectivity index (χ3n) is 6.29. The molecule has 2 aliphatic rings. The summed E-state index contributed by atoms with van der Waals surface area (Å²) in [7, 11) is 0. The molecule has 6 nitrogen and oxygen atoms in total. The molecule has 2 heterocycles. The fraction of sp³-hybridized carbons (Fsp3) is 0.360. The molecule has 2 aromatic rings. The molecule has 2 amide bonds. The van der Waals surface area contributed by atoms with Crippen LogP contribution in [0.3, 0.4) is 0 Å². The van der Waals surface area contributed by atoms with E-state index >= 15 is 0 Å². The number of nitrogens with zero attached hydrogens (tertiary/aromatic N) is 1. The van der Waals surface area contributed by atoms with Gasteiger partial charge in [0.15, 0.2) is 5.72 Å². The zero-order valence-corrected chi connectivity index (χ0v) is 19.5. The molecule has 2 aromatic carbocycles. The average molecular weight is 452 g/mol. The number of fused-ring (bicyclic) bond motifs is 3. The van der Waals surface area contributed by atoms with Crippen LogP contribution < -0.4 is 15.5 Å². The number of anilines is 2. The van der Waals surface area contributed by atoms with Crippen LogP contribution in [0.4, 0.5) is 11.4 Å². The molecule has 0 bridgehead atoms. The Morgan fingerprint density at radius 3 is 2.62 bits per heavy atom. The second kappa shape index (κ2) is 8.64. The molecule has 168 valence electrons. The number of rotatable bonds is 6. The van der Waals surface area contributed by atoms with Gasteiger partial charge in [-0.3, -0.25) is 9.59 Å². The Morgan fingerprint density at radius 2 is 1.94 bits per heavy atom. The van der Waals surface area contributed by atoms with Crippen molar-refractivity contribution in [3.63, 3.8) is 0 Å². The predicted octanol–water partition coefficient (Wildman–Crippen LogP) is 3.84. The Bertz CT molecular complexity index is 1060. The zero-order chi connectivity index (χ0) is 22.9. The van der Waals surface area contributed by atoms with Gasteiger partial charge in [0.25, 0.3) is 5.91 Å². The van der Waals surface area contributed by atoms with Crippen molar-refractivity contribution >= 4 is 41.9 Å². The van der Waals surface area contributed by atoms with Gasteiger partial charge in [-0.05, 0) is 47.5 Å². The van der Waals surface area contributed by atoms with E-state index in [1.807, 2.05) is 42.5 Å². The number of ether oxygens (including phenoxy) is 1. The summed E-state index contributed by atoms with van der Waals surface area (Å²) in [6, 6.07) is 13.6. The fourth-order valence-corrected chi connectivity index (χ4v) is 4.78. The van der Waals surface area contributed by atoms with Crippen molar-refractivity contribution in [2.45, 2.75) is 31.9 Å². The monoisotopic (exact) mass is 451 g/mol. The number of nitrogens with one attached hydrogen (secondary N) is 2. The lowest BCUT2D eigenvalue weighted by Gasteiger charge is -2.39. The van der Waals surface area contributed by atoms with Gasteiger partial charge in [0.05, 0.1) is 6.61 Å². The molecule has 0 spiro atoms. The second-order valence-electron chi connectivity index (χ2n) is 8.67. The number of carbonyl (C=O) groups excluding carboxylic acids is 2. The standard InChI is InChI=1S/C25H29N3O3S/c1-17(29)27-20-7-4-18(5-8-20)10-11-25-24(2,3)21-16-19(23(30)26-12-15-32)6-9-22(21)28(25)13-14-31-25/h4-11,16,32H,12-15H2,1-3H3,(H,26,30)(H,27,29)/b11-10+. The number of carbonyl (C=O) groups is 2. The van der Waals surface area contributed by atoms with Gasteiger partial charge in [-0.1, -0.05) is 32.1 Å². The Balaban J connectivity index is 1.65. The minimum absolute atomic E-state index is 0.0884. The first-order valence-corrected chi connectivity index (χ1v) is 11.4. The zero-order valence-electron chi connectivity index (χ0n) is 18.6.